The SMILES string of the molecule is COC(=O)c1cccc(NC(=O)c2cc(=O)[nH][nH]2)c1. The topological polar surface area (TPSA) is 104 Å². The van der Waals surface area contributed by atoms with Gasteiger partial charge < -0.3 is 10.1 Å². The molecular formula is C12H11N3O4. The van der Waals surface area contributed by atoms with Crippen molar-refractivity contribution in [3.05, 3.63) is 51.9 Å². The quantitative estimate of drug-likeness (QED) is 0.709. The zero-order chi connectivity index (χ0) is 13.8. The minimum Gasteiger partial charge on any atom is -0.465 e. The van der Waals surface area contributed by atoms with Crippen LogP contribution in [0.5, 0.6) is 0 Å². The summed E-state index contributed by atoms with van der Waals surface area (Å²) >= 11 is 0. The molecule has 2 aromatic rings. The van der Waals surface area contributed by atoms with Gasteiger partial charge in [0.15, 0.2) is 0 Å². The molecule has 0 radical (unpaired) electrons. The third-order valence-electron chi connectivity index (χ3n) is 2.38. The summed E-state index contributed by atoms with van der Waals surface area (Å²) in [7, 11) is 1.28. The third-order valence-corrected chi connectivity index (χ3v) is 2.38. The minimum atomic E-state index is -0.494. The van der Waals surface area contributed by atoms with Gasteiger partial charge >= 0.3 is 5.97 Å². The summed E-state index contributed by atoms with van der Waals surface area (Å²) in [6.07, 6.45) is 0. The number of benzene rings is 1. The first kappa shape index (κ1) is 12.6. The zero-order valence-corrected chi connectivity index (χ0v) is 10.0. The Labute approximate surface area is 107 Å². The molecule has 1 heterocycles. The van der Waals surface area contributed by atoms with E-state index in [0.29, 0.717) is 11.3 Å². The van der Waals surface area contributed by atoms with Crippen molar-refractivity contribution < 1.29 is 14.3 Å². The lowest BCUT2D eigenvalue weighted by Crippen LogP contribution is -2.13. The number of H-pyrrole nitrogens is 2. The summed E-state index contributed by atoms with van der Waals surface area (Å²) in [6, 6.07) is 7.42. The van der Waals surface area contributed by atoms with Crippen LogP contribution >= 0.6 is 0 Å². The van der Waals surface area contributed by atoms with Gasteiger partial charge in [-0.3, -0.25) is 19.8 Å². The third kappa shape index (κ3) is 2.89. The van der Waals surface area contributed by atoms with Crippen LogP contribution in [0.1, 0.15) is 20.8 Å². The molecule has 0 atom stereocenters. The number of amides is 1. The second kappa shape index (κ2) is 5.21. The Hall–Kier alpha value is -2.83. The number of methoxy groups -OCH3 is 1. The molecule has 0 fully saturated rings. The fraction of sp³-hybridized carbons (Fsp3) is 0.0833. The fourth-order valence-electron chi connectivity index (χ4n) is 1.49. The van der Waals surface area contributed by atoms with Gasteiger partial charge in [-0.05, 0) is 18.2 Å². The highest BCUT2D eigenvalue weighted by atomic mass is 16.5. The molecule has 19 heavy (non-hydrogen) atoms. The van der Waals surface area contributed by atoms with Gasteiger partial charge in [-0.15, -0.1) is 0 Å². The van der Waals surface area contributed by atoms with Crippen LogP contribution in [0, 0.1) is 0 Å². The zero-order valence-electron chi connectivity index (χ0n) is 10.0. The van der Waals surface area contributed by atoms with E-state index < -0.39 is 17.4 Å². The van der Waals surface area contributed by atoms with Gasteiger partial charge in [-0.1, -0.05) is 6.07 Å². The lowest BCUT2D eigenvalue weighted by Gasteiger charge is -2.05. The number of hydrogen-bond acceptors (Lipinski definition) is 4. The number of ether oxygens (including phenoxy) is 1. The van der Waals surface area contributed by atoms with E-state index in [9.17, 15) is 14.4 Å². The van der Waals surface area contributed by atoms with Crippen molar-refractivity contribution in [2.45, 2.75) is 0 Å². The summed E-state index contributed by atoms with van der Waals surface area (Å²) in [5.74, 6) is -0.980. The van der Waals surface area contributed by atoms with Crippen molar-refractivity contribution in [3.8, 4) is 0 Å². The van der Waals surface area contributed by atoms with E-state index >= 15 is 0 Å². The molecule has 0 aliphatic rings. The van der Waals surface area contributed by atoms with Crippen molar-refractivity contribution in [2.75, 3.05) is 12.4 Å². The van der Waals surface area contributed by atoms with E-state index in [1.165, 1.54) is 13.2 Å². The fourth-order valence-corrected chi connectivity index (χ4v) is 1.49. The Balaban J connectivity index is 2.17. The molecule has 0 aliphatic carbocycles. The van der Waals surface area contributed by atoms with Gasteiger partial charge in [0.1, 0.15) is 5.69 Å². The Morgan fingerprint density at radius 3 is 2.63 bits per heavy atom. The van der Waals surface area contributed by atoms with Crippen LogP contribution < -0.4 is 10.9 Å². The highest BCUT2D eigenvalue weighted by Crippen LogP contribution is 2.12. The molecule has 0 saturated heterocycles. The number of carbonyl (C=O) groups excluding carboxylic acids is 2. The molecule has 0 aliphatic heterocycles. The Kier molecular flexibility index (Phi) is 3.46. The number of nitrogens with one attached hydrogen (secondary N) is 3. The predicted octanol–water partition coefficient (Wildman–Crippen LogP) is 0.742. The maximum Gasteiger partial charge on any atom is 0.337 e. The molecule has 98 valence electrons. The van der Waals surface area contributed by atoms with Gasteiger partial charge in [0.2, 0.25) is 0 Å². The Morgan fingerprint density at radius 2 is 2.00 bits per heavy atom. The van der Waals surface area contributed by atoms with Gasteiger partial charge in [-0.2, -0.15) is 0 Å². The van der Waals surface area contributed by atoms with Crippen LogP contribution in [-0.4, -0.2) is 29.2 Å². The first-order valence-corrected chi connectivity index (χ1v) is 5.37. The normalized spacial score (nSPS) is 9.95. The van der Waals surface area contributed by atoms with Crippen LogP contribution in [0.25, 0.3) is 0 Å². The second-order valence-electron chi connectivity index (χ2n) is 3.70. The molecule has 1 aromatic carbocycles. The van der Waals surface area contributed by atoms with Crippen molar-refractivity contribution in [2.24, 2.45) is 0 Å². The summed E-state index contributed by atoms with van der Waals surface area (Å²) in [5.41, 5.74) is 0.458. The van der Waals surface area contributed by atoms with Crippen LogP contribution in [0.4, 0.5) is 5.69 Å². The number of aromatic nitrogens is 2. The van der Waals surface area contributed by atoms with E-state index in [-0.39, 0.29) is 5.69 Å². The van der Waals surface area contributed by atoms with Crippen molar-refractivity contribution in [1.29, 1.82) is 0 Å². The molecule has 1 aromatic heterocycles. The van der Waals surface area contributed by atoms with Gasteiger partial charge in [0, 0.05) is 11.8 Å². The number of aromatic amines is 2. The lowest BCUT2D eigenvalue weighted by atomic mass is 10.2. The maximum absolute atomic E-state index is 11.8. The van der Waals surface area contributed by atoms with Gasteiger partial charge in [0.25, 0.3) is 11.5 Å². The Bertz CT molecular complexity index is 671. The van der Waals surface area contributed by atoms with Crippen molar-refractivity contribution >= 4 is 17.6 Å². The molecule has 7 heteroatoms. The standard InChI is InChI=1S/C12H11N3O4/c1-19-12(18)7-3-2-4-8(5-7)13-11(17)9-6-10(16)15-14-9/h2-6H,1H3,(H,13,17)(H2,14,15,16). The molecule has 3 N–H and O–H groups in total. The number of anilines is 1. The van der Waals surface area contributed by atoms with Crippen LogP contribution in [0.3, 0.4) is 0 Å². The van der Waals surface area contributed by atoms with Crippen LogP contribution in [0.2, 0.25) is 0 Å². The molecular weight excluding hydrogens is 250 g/mol. The molecule has 0 bridgehead atoms. The monoisotopic (exact) mass is 261 g/mol. The van der Waals surface area contributed by atoms with Crippen LogP contribution in [0.15, 0.2) is 35.1 Å². The largest absolute Gasteiger partial charge is 0.465 e. The molecule has 2 rings (SSSR count). The molecule has 7 nitrogen and oxygen atoms in total. The Morgan fingerprint density at radius 1 is 1.21 bits per heavy atom. The van der Waals surface area contributed by atoms with E-state index in [1.807, 2.05) is 0 Å². The summed E-state index contributed by atoms with van der Waals surface area (Å²) < 4.78 is 4.58. The smallest absolute Gasteiger partial charge is 0.337 e. The first-order chi connectivity index (χ1) is 9.10. The molecule has 0 spiro atoms. The molecule has 1 amide bonds. The summed E-state index contributed by atoms with van der Waals surface area (Å²) in [5, 5.41) is 7.25. The predicted molar refractivity (Wildman–Crippen MR) is 67.1 cm³/mol. The highest BCUT2D eigenvalue weighted by Gasteiger charge is 2.10. The highest BCUT2D eigenvalue weighted by molar-refractivity contribution is 6.03. The van der Waals surface area contributed by atoms with Crippen LogP contribution in [-0.2, 0) is 4.74 Å². The van der Waals surface area contributed by atoms with E-state index in [0.717, 1.165) is 6.07 Å². The first-order valence-electron chi connectivity index (χ1n) is 5.37. The van der Waals surface area contributed by atoms with Crippen molar-refractivity contribution in [3.63, 3.8) is 0 Å². The van der Waals surface area contributed by atoms with Gasteiger partial charge in [-0.25, -0.2) is 4.79 Å². The minimum absolute atomic E-state index is 0.105. The van der Waals surface area contributed by atoms with E-state index in [2.05, 4.69) is 20.3 Å². The van der Waals surface area contributed by atoms with E-state index in [4.69, 9.17) is 0 Å². The lowest BCUT2D eigenvalue weighted by molar-refractivity contribution is 0.0600. The van der Waals surface area contributed by atoms with Gasteiger partial charge in [0.05, 0.1) is 12.7 Å². The average Bonchev–Trinajstić information content (AvgIpc) is 2.85. The number of hydrogen-bond donors (Lipinski definition) is 3. The number of carbonyl (C=O) groups is 2. The summed E-state index contributed by atoms with van der Waals surface area (Å²) in [4.78, 5) is 34.0. The van der Waals surface area contributed by atoms with Crippen molar-refractivity contribution in [1.82, 2.24) is 10.2 Å². The second-order valence-corrected chi connectivity index (χ2v) is 3.70. The molecule has 0 unspecified atom stereocenters. The molecule has 0 saturated carbocycles. The number of esters is 1. The average molecular weight is 261 g/mol. The maximum atomic E-state index is 11.8. The van der Waals surface area contributed by atoms with E-state index in [1.54, 1.807) is 18.2 Å². The summed E-state index contributed by atoms with van der Waals surface area (Å²) in [6.45, 7) is 0. The number of rotatable bonds is 3.